The van der Waals surface area contributed by atoms with Crippen LogP contribution in [-0.4, -0.2) is 69.8 Å². The van der Waals surface area contributed by atoms with Gasteiger partial charge in [-0.3, -0.25) is 14.9 Å². The second-order valence-electron chi connectivity index (χ2n) is 17.4. The summed E-state index contributed by atoms with van der Waals surface area (Å²) in [5.41, 5.74) is 3.93. The second kappa shape index (κ2) is 21.3. The molecule has 1 fully saturated rings. The molecule has 5 aromatic rings. The molecule has 0 saturated heterocycles. The Hall–Kier alpha value is -6.34. The number of carbonyl (C=O) groups excluding carboxylic acids is 1. The van der Waals surface area contributed by atoms with E-state index in [2.05, 4.69) is 19.6 Å². The molecule has 5 aromatic carbocycles. The van der Waals surface area contributed by atoms with E-state index >= 15 is 4.79 Å². The first-order valence-electron chi connectivity index (χ1n) is 23.2. The number of nitro benzene ring substituents is 1. The van der Waals surface area contributed by atoms with Crippen LogP contribution in [0.25, 0.3) is 10.8 Å². The zero-order valence-corrected chi connectivity index (χ0v) is 37.5. The number of nitrogens with zero attached hydrogens (tertiary/aromatic N) is 3. The van der Waals surface area contributed by atoms with Crippen molar-refractivity contribution in [1.29, 1.82) is 0 Å². The van der Waals surface area contributed by atoms with Gasteiger partial charge >= 0.3 is 0 Å². The number of amides is 1. The molecule has 66 heavy (non-hydrogen) atoms. The second-order valence-corrected chi connectivity index (χ2v) is 17.4. The minimum absolute atomic E-state index is 0.00698. The minimum Gasteiger partial charge on any atom is -0.459 e. The number of aliphatic hydroxyl groups is 2. The van der Waals surface area contributed by atoms with E-state index in [1.54, 1.807) is 24.3 Å². The SMILES string of the molecule is C=CCOC12Oc3ccc(Oc4cccc([N+](=O)[O-])c4)cc3C3C(CCCCO)C(CCCCO)C=C(C(=NOCc4ccccc4)CC1N(CCC)C(=O)c1ccc4ccccc4c1)C32. The maximum absolute atomic E-state index is 15.3. The number of nitro groups is 1. The Labute approximate surface area is 386 Å². The smallest absolute Gasteiger partial charge is 0.273 e. The van der Waals surface area contributed by atoms with Gasteiger partial charge in [0, 0.05) is 49.3 Å². The van der Waals surface area contributed by atoms with Crippen molar-refractivity contribution in [2.45, 2.75) is 82.6 Å². The molecule has 344 valence electrons. The summed E-state index contributed by atoms with van der Waals surface area (Å²) in [7, 11) is 0. The zero-order valence-electron chi connectivity index (χ0n) is 37.5. The summed E-state index contributed by atoms with van der Waals surface area (Å²) in [6.07, 6.45) is 9.34. The summed E-state index contributed by atoms with van der Waals surface area (Å²) in [6.45, 7) is 7.04. The fraction of sp³-hybridized carbons (Fsp3) is 0.370. The van der Waals surface area contributed by atoms with Crippen molar-refractivity contribution in [3.8, 4) is 17.2 Å². The lowest BCUT2D eigenvalue weighted by Gasteiger charge is -2.60. The van der Waals surface area contributed by atoms with Gasteiger partial charge in [-0.2, -0.15) is 0 Å². The molecule has 1 aliphatic heterocycles. The first kappa shape index (κ1) is 46.2. The van der Waals surface area contributed by atoms with Crippen LogP contribution in [0.3, 0.4) is 0 Å². The third kappa shape index (κ3) is 9.77. The Balaban J connectivity index is 1.33. The topological polar surface area (TPSA) is 153 Å². The molecule has 12 nitrogen and oxygen atoms in total. The Morgan fingerprint density at radius 1 is 0.909 bits per heavy atom. The van der Waals surface area contributed by atoms with E-state index in [0.29, 0.717) is 54.3 Å². The average Bonchev–Trinajstić information content (AvgIpc) is 3.34. The lowest BCUT2D eigenvalue weighted by Crippen LogP contribution is -2.70. The Morgan fingerprint density at radius 3 is 2.42 bits per heavy atom. The Kier molecular flexibility index (Phi) is 14.9. The predicted octanol–water partition coefficient (Wildman–Crippen LogP) is 10.9. The highest BCUT2D eigenvalue weighted by molar-refractivity contribution is 6.04. The number of ether oxygens (including phenoxy) is 3. The average molecular weight is 894 g/mol. The van der Waals surface area contributed by atoms with Crippen LogP contribution in [0, 0.1) is 27.9 Å². The molecule has 8 rings (SSSR count). The van der Waals surface area contributed by atoms with Crippen molar-refractivity contribution < 1.29 is 39.0 Å². The normalized spacial score (nSPS) is 22.4. The molecule has 6 unspecified atom stereocenters. The first-order valence-corrected chi connectivity index (χ1v) is 23.2. The van der Waals surface area contributed by atoms with Crippen LogP contribution in [-0.2, 0) is 16.2 Å². The Bertz CT molecular complexity index is 2560. The number of hydrogen-bond acceptors (Lipinski definition) is 10. The minimum atomic E-state index is -1.44. The zero-order chi connectivity index (χ0) is 46.0. The van der Waals surface area contributed by atoms with Gasteiger partial charge in [0.15, 0.2) is 0 Å². The summed E-state index contributed by atoms with van der Waals surface area (Å²) in [5, 5.41) is 38.7. The molecule has 6 atom stereocenters. The molecule has 12 heteroatoms. The molecule has 0 radical (unpaired) electrons. The van der Waals surface area contributed by atoms with Crippen LogP contribution in [0.5, 0.6) is 17.2 Å². The fourth-order valence-electron chi connectivity index (χ4n) is 10.4. The van der Waals surface area contributed by atoms with Crippen molar-refractivity contribution in [2.24, 2.45) is 22.9 Å². The van der Waals surface area contributed by atoms with E-state index in [1.807, 2.05) is 89.8 Å². The molecule has 1 amide bonds. The number of non-ortho nitro benzene ring substituents is 1. The summed E-state index contributed by atoms with van der Waals surface area (Å²) >= 11 is 0. The van der Waals surface area contributed by atoms with E-state index in [0.717, 1.165) is 53.2 Å². The fourth-order valence-corrected chi connectivity index (χ4v) is 10.4. The van der Waals surface area contributed by atoms with Crippen molar-refractivity contribution in [1.82, 2.24) is 4.90 Å². The van der Waals surface area contributed by atoms with Gasteiger partial charge in [0.05, 0.1) is 29.2 Å². The highest BCUT2D eigenvalue weighted by atomic mass is 16.7. The molecule has 0 spiro atoms. The molecule has 1 heterocycles. The number of allylic oxidation sites excluding steroid dienone is 1. The highest BCUT2D eigenvalue weighted by Crippen LogP contribution is 2.62. The van der Waals surface area contributed by atoms with Gasteiger partial charge in [0.25, 0.3) is 11.6 Å². The van der Waals surface area contributed by atoms with Crippen LogP contribution in [0.2, 0.25) is 0 Å². The molecular weight excluding hydrogens is 835 g/mol. The van der Waals surface area contributed by atoms with Gasteiger partial charge in [0.2, 0.25) is 5.79 Å². The van der Waals surface area contributed by atoms with E-state index in [1.165, 1.54) is 12.1 Å². The third-order valence-electron chi connectivity index (χ3n) is 13.3. The van der Waals surface area contributed by atoms with E-state index in [-0.39, 0.29) is 62.2 Å². The lowest BCUT2D eigenvalue weighted by atomic mass is 9.55. The number of rotatable bonds is 21. The first-order chi connectivity index (χ1) is 32.3. The third-order valence-corrected chi connectivity index (χ3v) is 13.3. The standard InChI is InChI=1S/C54H59N3O9/c1-3-27-56(53(60)41-24-23-38-17-8-9-18-39(38)31-41)50-35-48(55-64-36-37-15-6-5-7-16-37)46-32-40(19-10-12-28-58)45(22-11-13-29-59)51-47-34-44(65-43-21-14-20-42(33-43)57(61)62)25-26-49(47)66-54(50,52(46)51)63-30-4-2/h4-9,14-18,20-21,23-26,31-34,40,45,50-52,58-59H,2-3,10-13,19,22,27-30,35-36H2,1H3. The molecular formula is C54H59N3O9. The van der Waals surface area contributed by atoms with E-state index < -0.39 is 22.7 Å². The number of benzene rings is 5. The number of oxime groups is 1. The number of fused-ring (bicyclic) bond motifs is 3. The van der Waals surface area contributed by atoms with Crippen LogP contribution in [0.1, 0.15) is 85.7 Å². The van der Waals surface area contributed by atoms with Crippen molar-refractivity contribution in [2.75, 3.05) is 26.4 Å². The Morgan fingerprint density at radius 2 is 1.67 bits per heavy atom. The summed E-state index contributed by atoms with van der Waals surface area (Å²) < 4.78 is 21.0. The van der Waals surface area contributed by atoms with Crippen LogP contribution >= 0.6 is 0 Å². The van der Waals surface area contributed by atoms with E-state index in [4.69, 9.17) is 24.2 Å². The number of hydrogen-bond donors (Lipinski definition) is 2. The maximum Gasteiger partial charge on any atom is 0.273 e. The van der Waals surface area contributed by atoms with Crippen molar-refractivity contribution >= 4 is 28.1 Å². The van der Waals surface area contributed by atoms with Crippen molar-refractivity contribution in [3.63, 3.8) is 0 Å². The van der Waals surface area contributed by atoms with Crippen LogP contribution < -0.4 is 9.47 Å². The highest BCUT2D eigenvalue weighted by Gasteiger charge is 2.65. The molecule has 0 aromatic heterocycles. The maximum atomic E-state index is 15.3. The van der Waals surface area contributed by atoms with Gasteiger partial charge in [-0.25, -0.2) is 0 Å². The van der Waals surface area contributed by atoms with Crippen LogP contribution in [0.4, 0.5) is 5.69 Å². The largest absolute Gasteiger partial charge is 0.459 e. The van der Waals surface area contributed by atoms with Gasteiger partial charge in [-0.05, 0) is 102 Å². The predicted molar refractivity (Wildman–Crippen MR) is 255 cm³/mol. The molecule has 1 saturated carbocycles. The van der Waals surface area contributed by atoms with Gasteiger partial charge in [-0.15, -0.1) is 6.58 Å². The summed E-state index contributed by atoms with van der Waals surface area (Å²) in [4.78, 5) is 34.7. The number of aliphatic hydroxyl groups excluding tert-OH is 2. The summed E-state index contributed by atoms with van der Waals surface area (Å²) in [6, 6.07) is 34.7. The quantitative estimate of drug-likeness (QED) is 0.0317. The van der Waals surface area contributed by atoms with Crippen LogP contribution in [0.15, 0.2) is 145 Å². The number of carbonyl (C=O) groups is 1. The van der Waals surface area contributed by atoms with Gasteiger partial charge in [-0.1, -0.05) is 104 Å². The molecule has 2 aliphatic carbocycles. The monoisotopic (exact) mass is 893 g/mol. The van der Waals surface area contributed by atoms with Gasteiger partial charge < -0.3 is 34.2 Å². The lowest BCUT2D eigenvalue weighted by molar-refractivity contribution is -0.384. The molecule has 0 bridgehead atoms. The van der Waals surface area contributed by atoms with Gasteiger partial charge in [0.1, 0.15) is 29.9 Å². The van der Waals surface area contributed by atoms with Crippen molar-refractivity contribution in [3.05, 3.63) is 166 Å². The summed E-state index contributed by atoms with van der Waals surface area (Å²) in [5.74, 6) is -1.01. The number of unbranched alkanes of at least 4 members (excludes halogenated alkanes) is 2. The molecule has 2 N–H and O–H groups in total. The molecule has 3 aliphatic rings. The van der Waals surface area contributed by atoms with E-state index in [9.17, 15) is 20.3 Å².